The van der Waals surface area contributed by atoms with Gasteiger partial charge in [-0.15, -0.1) is 0 Å². The van der Waals surface area contributed by atoms with Crippen LogP contribution in [0, 0.1) is 5.92 Å². The summed E-state index contributed by atoms with van der Waals surface area (Å²) in [5, 5.41) is 7.53. The molecule has 0 saturated heterocycles. The van der Waals surface area contributed by atoms with E-state index in [1.54, 1.807) is 0 Å². The molecule has 74 valence electrons. The van der Waals surface area contributed by atoms with E-state index in [4.69, 9.17) is 0 Å². The zero-order valence-corrected chi connectivity index (χ0v) is 9.71. The number of nitrogens with zero attached hydrogens (tertiary/aromatic N) is 2. The van der Waals surface area contributed by atoms with Crippen molar-refractivity contribution in [1.29, 1.82) is 0 Å². The number of hydrogen-bond acceptors (Lipinski definition) is 2. The van der Waals surface area contributed by atoms with Crippen LogP contribution in [0.15, 0.2) is 16.9 Å². The number of rotatable bonds is 5. The molecule has 0 amide bonds. The molecule has 0 fully saturated rings. The number of aromatic nitrogens is 2. The Bertz CT molecular complexity index is 245. The first-order valence-electron chi connectivity index (χ1n) is 4.57. The highest BCUT2D eigenvalue weighted by atomic mass is 79.9. The first kappa shape index (κ1) is 10.7. The van der Waals surface area contributed by atoms with Gasteiger partial charge in [-0.05, 0) is 28.4 Å². The minimum absolute atomic E-state index is 0.712. The van der Waals surface area contributed by atoms with Crippen LogP contribution in [-0.4, -0.2) is 22.9 Å². The summed E-state index contributed by atoms with van der Waals surface area (Å²) >= 11 is 3.36. The van der Waals surface area contributed by atoms with Gasteiger partial charge in [0, 0.05) is 12.7 Å². The molecule has 1 aromatic heterocycles. The van der Waals surface area contributed by atoms with Gasteiger partial charge in [0.15, 0.2) is 0 Å². The molecule has 0 aliphatic carbocycles. The Morgan fingerprint density at radius 2 is 2.38 bits per heavy atom. The Morgan fingerprint density at radius 1 is 1.62 bits per heavy atom. The SMILES string of the molecule is CC(C)CNCCn1cc(Br)cn1. The Morgan fingerprint density at radius 3 is 2.92 bits per heavy atom. The van der Waals surface area contributed by atoms with Gasteiger partial charge >= 0.3 is 0 Å². The molecule has 0 saturated carbocycles. The summed E-state index contributed by atoms with van der Waals surface area (Å²) in [6.07, 6.45) is 3.79. The highest BCUT2D eigenvalue weighted by Gasteiger charge is 1.95. The van der Waals surface area contributed by atoms with Crippen molar-refractivity contribution in [3.8, 4) is 0 Å². The zero-order valence-electron chi connectivity index (χ0n) is 8.13. The van der Waals surface area contributed by atoms with Crippen molar-refractivity contribution in [2.24, 2.45) is 5.92 Å². The fraction of sp³-hybridized carbons (Fsp3) is 0.667. The van der Waals surface area contributed by atoms with Crippen LogP contribution < -0.4 is 5.32 Å². The third kappa shape index (κ3) is 4.43. The molecule has 1 N–H and O–H groups in total. The van der Waals surface area contributed by atoms with E-state index in [2.05, 4.69) is 40.2 Å². The van der Waals surface area contributed by atoms with E-state index in [0.717, 1.165) is 24.1 Å². The minimum Gasteiger partial charge on any atom is -0.315 e. The molecule has 0 spiro atoms. The van der Waals surface area contributed by atoms with Crippen LogP contribution in [0.25, 0.3) is 0 Å². The summed E-state index contributed by atoms with van der Waals surface area (Å²) in [7, 11) is 0. The summed E-state index contributed by atoms with van der Waals surface area (Å²) < 4.78 is 2.97. The highest BCUT2D eigenvalue weighted by Crippen LogP contribution is 2.05. The maximum absolute atomic E-state index is 4.16. The predicted octanol–water partition coefficient (Wildman–Crippen LogP) is 1.89. The second kappa shape index (κ2) is 5.40. The normalized spacial score (nSPS) is 11.1. The minimum atomic E-state index is 0.712. The Kier molecular flexibility index (Phi) is 4.45. The lowest BCUT2D eigenvalue weighted by atomic mass is 10.2. The summed E-state index contributed by atoms with van der Waals surface area (Å²) in [6.45, 7) is 7.39. The van der Waals surface area contributed by atoms with Gasteiger partial charge in [-0.3, -0.25) is 4.68 Å². The molecule has 0 bridgehead atoms. The van der Waals surface area contributed by atoms with Crippen molar-refractivity contribution in [2.75, 3.05) is 13.1 Å². The molecule has 0 aliphatic heterocycles. The Labute approximate surface area is 87.6 Å². The topological polar surface area (TPSA) is 29.9 Å². The molecule has 0 aromatic carbocycles. The summed E-state index contributed by atoms with van der Waals surface area (Å²) in [5.74, 6) is 0.712. The van der Waals surface area contributed by atoms with E-state index in [0.29, 0.717) is 5.92 Å². The van der Waals surface area contributed by atoms with E-state index in [1.807, 2.05) is 17.1 Å². The number of halogens is 1. The van der Waals surface area contributed by atoms with Gasteiger partial charge in [0.1, 0.15) is 0 Å². The van der Waals surface area contributed by atoms with Crippen LogP contribution >= 0.6 is 15.9 Å². The van der Waals surface area contributed by atoms with Crippen LogP contribution in [0.4, 0.5) is 0 Å². The first-order valence-corrected chi connectivity index (χ1v) is 5.36. The molecule has 1 aromatic rings. The second-order valence-corrected chi connectivity index (χ2v) is 4.44. The number of hydrogen-bond donors (Lipinski definition) is 1. The van der Waals surface area contributed by atoms with Gasteiger partial charge in [0.05, 0.1) is 17.2 Å². The van der Waals surface area contributed by atoms with Gasteiger partial charge in [-0.1, -0.05) is 13.8 Å². The lowest BCUT2D eigenvalue weighted by Crippen LogP contribution is -2.24. The van der Waals surface area contributed by atoms with Crippen LogP contribution in [0.3, 0.4) is 0 Å². The van der Waals surface area contributed by atoms with Gasteiger partial charge < -0.3 is 5.32 Å². The van der Waals surface area contributed by atoms with Crippen molar-refractivity contribution in [1.82, 2.24) is 15.1 Å². The van der Waals surface area contributed by atoms with E-state index < -0.39 is 0 Å². The van der Waals surface area contributed by atoms with Crippen molar-refractivity contribution < 1.29 is 0 Å². The predicted molar refractivity (Wildman–Crippen MR) is 57.6 cm³/mol. The highest BCUT2D eigenvalue weighted by molar-refractivity contribution is 9.10. The smallest absolute Gasteiger partial charge is 0.0632 e. The molecule has 0 atom stereocenters. The fourth-order valence-electron chi connectivity index (χ4n) is 1.04. The molecule has 0 aliphatic rings. The molecule has 13 heavy (non-hydrogen) atoms. The third-order valence-corrected chi connectivity index (χ3v) is 2.08. The molecule has 0 radical (unpaired) electrons. The fourth-order valence-corrected chi connectivity index (χ4v) is 1.37. The van der Waals surface area contributed by atoms with Gasteiger partial charge in [-0.25, -0.2) is 0 Å². The third-order valence-electron chi connectivity index (χ3n) is 1.67. The molecule has 0 unspecified atom stereocenters. The van der Waals surface area contributed by atoms with Gasteiger partial charge in [0.25, 0.3) is 0 Å². The van der Waals surface area contributed by atoms with Gasteiger partial charge in [0.2, 0.25) is 0 Å². The van der Waals surface area contributed by atoms with Crippen molar-refractivity contribution in [3.63, 3.8) is 0 Å². The van der Waals surface area contributed by atoms with Crippen LogP contribution in [0.1, 0.15) is 13.8 Å². The maximum atomic E-state index is 4.16. The van der Waals surface area contributed by atoms with E-state index in [-0.39, 0.29) is 0 Å². The number of nitrogens with one attached hydrogen (secondary N) is 1. The average molecular weight is 246 g/mol. The molecule has 3 nitrogen and oxygen atoms in total. The summed E-state index contributed by atoms with van der Waals surface area (Å²) in [5.41, 5.74) is 0. The average Bonchev–Trinajstić information content (AvgIpc) is 2.45. The molecule has 1 rings (SSSR count). The van der Waals surface area contributed by atoms with E-state index in [1.165, 1.54) is 0 Å². The monoisotopic (exact) mass is 245 g/mol. The van der Waals surface area contributed by atoms with Crippen LogP contribution in [0.5, 0.6) is 0 Å². The quantitative estimate of drug-likeness (QED) is 0.804. The van der Waals surface area contributed by atoms with Crippen molar-refractivity contribution >= 4 is 15.9 Å². The molecule has 4 heteroatoms. The van der Waals surface area contributed by atoms with Crippen molar-refractivity contribution in [3.05, 3.63) is 16.9 Å². The Hall–Kier alpha value is -0.350. The van der Waals surface area contributed by atoms with Gasteiger partial charge in [-0.2, -0.15) is 5.10 Å². The van der Waals surface area contributed by atoms with E-state index >= 15 is 0 Å². The lowest BCUT2D eigenvalue weighted by Gasteiger charge is -2.06. The first-order chi connectivity index (χ1) is 6.18. The zero-order chi connectivity index (χ0) is 9.68. The Balaban J connectivity index is 2.13. The maximum Gasteiger partial charge on any atom is 0.0632 e. The second-order valence-electron chi connectivity index (χ2n) is 3.52. The summed E-state index contributed by atoms with van der Waals surface area (Å²) in [6, 6.07) is 0. The molecular formula is C9H16BrN3. The molecular weight excluding hydrogens is 230 g/mol. The lowest BCUT2D eigenvalue weighted by molar-refractivity contribution is 0.506. The van der Waals surface area contributed by atoms with Crippen molar-refractivity contribution in [2.45, 2.75) is 20.4 Å². The largest absolute Gasteiger partial charge is 0.315 e. The van der Waals surface area contributed by atoms with Crippen LogP contribution in [-0.2, 0) is 6.54 Å². The van der Waals surface area contributed by atoms with E-state index in [9.17, 15) is 0 Å². The standard InChI is InChI=1S/C9H16BrN3/c1-8(2)5-11-3-4-13-7-9(10)6-12-13/h6-8,11H,3-5H2,1-2H3. The summed E-state index contributed by atoms with van der Waals surface area (Å²) in [4.78, 5) is 0. The molecule has 1 heterocycles. The van der Waals surface area contributed by atoms with Crippen LogP contribution in [0.2, 0.25) is 0 Å².